The summed E-state index contributed by atoms with van der Waals surface area (Å²) in [6.45, 7) is 3.47. The summed E-state index contributed by atoms with van der Waals surface area (Å²) in [6, 6.07) is 3.00. The van der Waals surface area contributed by atoms with Gasteiger partial charge in [-0.15, -0.1) is 0 Å². The fourth-order valence-corrected chi connectivity index (χ4v) is 1.57. The minimum absolute atomic E-state index is 0.105. The second-order valence-corrected chi connectivity index (χ2v) is 4.06. The monoisotopic (exact) mass is 253 g/mol. The second kappa shape index (κ2) is 6.26. The van der Waals surface area contributed by atoms with Crippen molar-refractivity contribution in [3.8, 4) is 11.5 Å². The smallest absolute Gasteiger partial charge is 0.251 e. The molecule has 1 amide bonds. The molecule has 0 spiro atoms. The van der Waals surface area contributed by atoms with Gasteiger partial charge in [-0.25, -0.2) is 0 Å². The zero-order valence-corrected chi connectivity index (χ0v) is 11.1. The molecule has 5 nitrogen and oxygen atoms in total. The molecule has 1 rings (SSSR count). The average Bonchev–Trinajstić information content (AvgIpc) is 2.38. The summed E-state index contributed by atoms with van der Waals surface area (Å²) < 4.78 is 10.4. The first-order chi connectivity index (χ1) is 8.53. The Morgan fingerprint density at radius 2 is 1.83 bits per heavy atom. The first-order valence-corrected chi connectivity index (χ1v) is 5.67. The van der Waals surface area contributed by atoms with Crippen LogP contribution in [0.4, 0.5) is 0 Å². The van der Waals surface area contributed by atoms with Gasteiger partial charge in [-0.05, 0) is 26.0 Å². The molecular formula is C13H19NO4. The minimum atomic E-state index is -0.296. The molecule has 5 heteroatoms. The third kappa shape index (κ3) is 3.13. The van der Waals surface area contributed by atoms with Gasteiger partial charge in [0, 0.05) is 17.2 Å². The third-order valence-electron chi connectivity index (χ3n) is 2.67. The standard InChI is InChI=1S/C13H19NO4/c1-8(7-15)14-13(16)10-5-11(17-3)9(2)12(6-10)18-4/h5-6,8,15H,7H2,1-4H3,(H,14,16)/t8-/m1/s1. The molecule has 0 fully saturated rings. The van der Waals surface area contributed by atoms with Crippen molar-refractivity contribution >= 4 is 5.91 Å². The Kier molecular flexibility index (Phi) is 4.97. The number of ether oxygens (including phenoxy) is 2. The summed E-state index contributed by atoms with van der Waals surface area (Å²) in [7, 11) is 3.08. The fraction of sp³-hybridized carbons (Fsp3) is 0.462. The molecule has 0 bridgehead atoms. The molecule has 0 aliphatic heterocycles. The molecule has 1 aromatic rings. The van der Waals surface area contributed by atoms with E-state index >= 15 is 0 Å². The molecule has 0 aromatic heterocycles. The first-order valence-electron chi connectivity index (χ1n) is 5.67. The predicted molar refractivity (Wildman–Crippen MR) is 68.3 cm³/mol. The molecule has 2 N–H and O–H groups in total. The molecular weight excluding hydrogens is 234 g/mol. The zero-order chi connectivity index (χ0) is 13.7. The highest BCUT2D eigenvalue weighted by atomic mass is 16.5. The van der Waals surface area contributed by atoms with Crippen molar-refractivity contribution in [2.45, 2.75) is 19.9 Å². The van der Waals surface area contributed by atoms with Crippen molar-refractivity contribution in [3.63, 3.8) is 0 Å². The number of rotatable bonds is 5. The lowest BCUT2D eigenvalue weighted by Gasteiger charge is -2.14. The quantitative estimate of drug-likeness (QED) is 0.825. The maximum atomic E-state index is 11.9. The Bertz CT molecular complexity index is 406. The van der Waals surface area contributed by atoms with Gasteiger partial charge in [0.15, 0.2) is 0 Å². The maximum Gasteiger partial charge on any atom is 0.251 e. The van der Waals surface area contributed by atoms with Gasteiger partial charge >= 0.3 is 0 Å². The van der Waals surface area contributed by atoms with Crippen LogP contribution in [0.15, 0.2) is 12.1 Å². The highest BCUT2D eigenvalue weighted by Gasteiger charge is 2.14. The fourth-order valence-electron chi connectivity index (χ4n) is 1.57. The molecule has 0 heterocycles. The summed E-state index contributed by atoms with van der Waals surface area (Å²) in [4.78, 5) is 11.9. The van der Waals surface area contributed by atoms with E-state index in [4.69, 9.17) is 14.6 Å². The van der Waals surface area contributed by atoms with Crippen LogP contribution in [0.5, 0.6) is 11.5 Å². The van der Waals surface area contributed by atoms with Gasteiger partial charge in [0.2, 0.25) is 0 Å². The van der Waals surface area contributed by atoms with Crippen LogP contribution in [-0.2, 0) is 0 Å². The predicted octanol–water partition coefficient (Wildman–Crippen LogP) is 1.12. The van der Waals surface area contributed by atoms with Crippen LogP contribution in [0, 0.1) is 6.92 Å². The summed E-state index contributed by atoms with van der Waals surface area (Å²) >= 11 is 0. The van der Waals surface area contributed by atoms with Gasteiger partial charge < -0.3 is 19.9 Å². The highest BCUT2D eigenvalue weighted by molar-refractivity contribution is 5.95. The van der Waals surface area contributed by atoms with Crippen molar-refractivity contribution in [2.75, 3.05) is 20.8 Å². The topological polar surface area (TPSA) is 67.8 Å². The van der Waals surface area contributed by atoms with Crippen molar-refractivity contribution in [2.24, 2.45) is 0 Å². The third-order valence-corrected chi connectivity index (χ3v) is 2.67. The van der Waals surface area contributed by atoms with Gasteiger partial charge in [-0.3, -0.25) is 4.79 Å². The molecule has 1 aromatic carbocycles. The summed E-state index contributed by atoms with van der Waals surface area (Å²) in [5.74, 6) is 0.917. The van der Waals surface area contributed by atoms with Crippen LogP contribution < -0.4 is 14.8 Å². The number of carbonyl (C=O) groups is 1. The lowest BCUT2D eigenvalue weighted by molar-refractivity contribution is 0.0921. The Labute approximate surface area is 107 Å². The van der Waals surface area contributed by atoms with E-state index in [1.807, 2.05) is 6.92 Å². The number of nitrogens with one attached hydrogen (secondary N) is 1. The molecule has 100 valence electrons. The van der Waals surface area contributed by atoms with Gasteiger partial charge in [0.25, 0.3) is 5.91 Å². The van der Waals surface area contributed by atoms with Gasteiger partial charge in [0.05, 0.1) is 20.8 Å². The zero-order valence-electron chi connectivity index (χ0n) is 11.1. The van der Waals surface area contributed by atoms with E-state index in [1.54, 1.807) is 33.3 Å². The first kappa shape index (κ1) is 14.3. The average molecular weight is 253 g/mol. The van der Waals surface area contributed by atoms with Crippen molar-refractivity contribution < 1.29 is 19.4 Å². The van der Waals surface area contributed by atoms with Gasteiger partial charge in [-0.2, -0.15) is 0 Å². The van der Waals surface area contributed by atoms with Crippen molar-refractivity contribution in [1.29, 1.82) is 0 Å². The molecule has 1 atom stereocenters. The van der Waals surface area contributed by atoms with E-state index < -0.39 is 0 Å². The van der Waals surface area contributed by atoms with Crippen molar-refractivity contribution in [3.05, 3.63) is 23.3 Å². The van der Waals surface area contributed by atoms with E-state index in [-0.39, 0.29) is 18.6 Å². The molecule has 0 saturated carbocycles. The van der Waals surface area contributed by atoms with E-state index in [0.29, 0.717) is 17.1 Å². The Hall–Kier alpha value is -1.75. The number of aliphatic hydroxyl groups excluding tert-OH is 1. The largest absolute Gasteiger partial charge is 0.496 e. The van der Waals surface area contributed by atoms with E-state index in [2.05, 4.69) is 5.32 Å². The summed E-state index contributed by atoms with van der Waals surface area (Å²) in [5.41, 5.74) is 1.28. The Morgan fingerprint density at radius 1 is 1.33 bits per heavy atom. The summed E-state index contributed by atoms with van der Waals surface area (Å²) in [5, 5.41) is 11.6. The number of methoxy groups -OCH3 is 2. The van der Waals surface area contributed by atoms with E-state index in [9.17, 15) is 4.79 Å². The molecule has 0 saturated heterocycles. The molecule has 0 aliphatic rings. The Morgan fingerprint density at radius 3 is 2.22 bits per heavy atom. The van der Waals surface area contributed by atoms with Crippen LogP contribution >= 0.6 is 0 Å². The second-order valence-electron chi connectivity index (χ2n) is 4.06. The Balaban J connectivity index is 3.05. The lowest BCUT2D eigenvalue weighted by atomic mass is 10.1. The lowest BCUT2D eigenvalue weighted by Crippen LogP contribution is -2.35. The number of amides is 1. The van der Waals surface area contributed by atoms with Crippen LogP contribution in [0.25, 0.3) is 0 Å². The number of benzene rings is 1. The maximum absolute atomic E-state index is 11.9. The van der Waals surface area contributed by atoms with Crippen LogP contribution in [0.2, 0.25) is 0 Å². The van der Waals surface area contributed by atoms with Crippen LogP contribution in [-0.4, -0.2) is 37.9 Å². The SMILES string of the molecule is COc1cc(C(=O)N[C@H](C)CO)cc(OC)c1C. The van der Waals surface area contributed by atoms with Crippen molar-refractivity contribution in [1.82, 2.24) is 5.32 Å². The number of carbonyl (C=O) groups excluding carboxylic acids is 1. The number of hydrogen-bond donors (Lipinski definition) is 2. The number of aliphatic hydroxyl groups is 1. The molecule has 18 heavy (non-hydrogen) atoms. The van der Waals surface area contributed by atoms with E-state index in [1.165, 1.54) is 0 Å². The van der Waals surface area contributed by atoms with Gasteiger partial charge in [0.1, 0.15) is 11.5 Å². The van der Waals surface area contributed by atoms with Crippen LogP contribution in [0.1, 0.15) is 22.8 Å². The summed E-state index contributed by atoms with van der Waals surface area (Å²) in [6.07, 6.45) is 0. The highest BCUT2D eigenvalue weighted by Crippen LogP contribution is 2.29. The number of hydrogen-bond acceptors (Lipinski definition) is 4. The molecule has 0 aliphatic carbocycles. The van der Waals surface area contributed by atoms with Crippen LogP contribution in [0.3, 0.4) is 0 Å². The van der Waals surface area contributed by atoms with E-state index in [0.717, 1.165) is 5.56 Å². The molecule has 0 radical (unpaired) electrons. The van der Waals surface area contributed by atoms with Gasteiger partial charge in [-0.1, -0.05) is 0 Å². The minimum Gasteiger partial charge on any atom is -0.496 e. The molecule has 0 unspecified atom stereocenters. The normalized spacial score (nSPS) is 11.8.